The van der Waals surface area contributed by atoms with Crippen LogP contribution < -0.4 is 0 Å². The SMILES string of the molecule is Cc1cc(C)c(C2=NO[C@@H]3/C(=N/O)C=C[C@H]23)c(C)c1. The molecule has 2 atom stereocenters. The van der Waals surface area contributed by atoms with Crippen LogP contribution >= 0.6 is 0 Å². The lowest BCUT2D eigenvalue weighted by Gasteiger charge is -2.14. The summed E-state index contributed by atoms with van der Waals surface area (Å²) in [5.74, 6) is 0.0472. The second kappa shape index (κ2) is 4.23. The second-order valence-corrected chi connectivity index (χ2v) is 5.19. The second-order valence-electron chi connectivity index (χ2n) is 5.19. The van der Waals surface area contributed by atoms with Crippen molar-refractivity contribution in [3.8, 4) is 0 Å². The Labute approximate surface area is 112 Å². The van der Waals surface area contributed by atoms with E-state index >= 15 is 0 Å². The number of hydrogen-bond donors (Lipinski definition) is 1. The van der Waals surface area contributed by atoms with Crippen LogP contribution in [0.3, 0.4) is 0 Å². The average Bonchev–Trinajstić information content (AvgIpc) is 2.90. The first-order chi connectivity index (χ1) is 9.11. The molecule has 1 aliphatic carbocycles. The minimum absolute atomic E-state index is 0.0472. The normalized spacial score (nSPS) is 26.5. The van der Waals surface area contributed by atoms with Gasteiger partial charge in [0.1, 0.15) is 5.71 Å². The molecule has 19 heavy (non-hydrogen) atoms. The summed E-state index contributed by atoms with van der Waals surface area (Å²) in [5, 5.41) is 16.4. The van der Waals surface area contributed by atoms with E-state index in [0.29, 0.717) is 5.71 Å². The standard InChI is InChI=1S/C15H16N2O2/c1-8-6-9(2)13(10(3)7-8)14-11-4-5-12(16-18)15(11)19-17-14/h4-7,11,15,18H,1-3H3/b16-12+/t11-,15+/m1/s1. The van der Waals surface area contributed by atoms with Gasteiger partial charge in [0.05, 0.1) is 11.6 Å². The van der Waals surface area contributed by atoms with E-state index in [0.717, 1.165) is 11.3 Å². The molecule has 1 N–H and O–H groups in total. The van der Waals surface area contributed by atoms with Crippen molar-refractivity contribution in [1.29, 1.82) is 0 Å². The fourth-order valence-corrected chi connectivity index (χ4v) is 3.00. The third-order valence-corrected chi connectivity index (χ3v) is 3.72. The maximum Gasteiger partial charge on any atom is 0.184 e. The molecule has 1 aromatic rings. The molecule has 4 heteroatoms. The summed E-state index contributed by atoms with van der Waals surface area (Å²) in [6, 6.07) is 4.30. The number of hydrogen-bond acceptors (Lipinski definition) is 4. The third-order valence-electron chi connectivity index (χ3n) is 3.72. The first-order valence-electron chi connectivity index (χ1n) is 6.34. The largest absolute Gasteiger partial charge is 0.411 e. The van der Waals surface area contributed by atoms with E-state index < -0.39 is 0 Å². The van der Waals surface area contributed by atoms with Gasteiger partial charge in [-0.25, -0.2) is 0 Å². The van der Waals surface area contributed by atoms with Crippen molar-refractivity contribution < 1.29 is 10.0 Å². The van der Waals surface area contributed by atoms with Crippen molar-refractivity contribution in [2.24, 2.45) is 16.2 Å². The summed E-state index contributed by atoms with van der Waals surface area (Å²) in [7, 11) is 0. The molecule has 4 nitrogen and oxygen atoms in total. The van der Waals surface area contributed by atoms with Crippen LogP contribution in [0.5, 0.6) is 0 Å². The van der Waals surface area contributed by atoms with Crippen molar-refractivity contribution in [3.05, 3.63) is 46.5 Å². The van der Waals surface area contributed by atoms with Gasteiger partial charge in [-0.3, -0.25) is 0 Å². The quantitative estimate of drug-likeness (QED) is 0.620. The van der Waals surface area contributed by atoms with E-state index in [1.807, 2.05) is 6.08 Å². The van der Waals surface area contributed by atoms with Crippen LogP contribution in [-0.4, -0.2) is 22.7 Å². The van der Waals surface area contributed by atoms with Crippen LogP contribution in [0.4, 0.5) is 0 Å². The molecule has 0 amide bonds. The molecule has 0 aromatic heterocycles. The summed E-state index contributed by atoms with van der Waals surface area (Å²) < 4.78 is 0. The minimum Gasteiger partial charge on any atom is -0.411 e. The van der Waals surface area contributed by atoms with Crippen LogP contribution in [-0.2, 0) is 4.84 Å². The lowest BCUT2D eigenvalue weighted by atomic mass is 9.88. The Morgan fingerprint density at radius 3 is 2.53 bits per heavy atom. The fraction of sp³-hybridized carbons (Fsp3) is 0.333. The lowest BCUT2D eigenvalue weighted by Crippen LogP contribution is -2.25. The molecule has 0 bridgehead atoms. The monoisotopic (exact) mass is 256 g/mol. The van der Waals surface area contributed by atoms with E-state index in [1.54, 1.807) is 6.08 Å². The predicted octanol–water partition coefficient (Wildman–Crippen LogP) is 2.73. The predicted molar refractivity (Wildman–Crippen MR) is 73.9 cm³/mol. The van der Waals surface area contributed by atoms with Crippen LogP contribution in [0.1, 0.15) is 22.3 Å². The van der Waals surface area contributed by atoms with Crippen molar-refractivity contribution in [3.63, 3.8) is 0 Å². The van der Waals surface area contributed by atoms with Gasteiger partial charge in [0.15, 0.2) is 6.10 Å². The Kier molecular flexibility index (Phi) is 2.66. The molecule has 3 rings (SSSR count). The van der Waals surface area contributed by atoms with Gasteiger partial charge in [-0.2, -0.15) is 0 Å². The van der Waals surface area contributed by atoms with Gasteiger partial charge in [-0.1, -0.05) is 34.1 Å². The Balaban J connectivity index is 2.04. The summed E-state index contributed by atoms with van der Waals surface area (Å²) in [6.07, 6.45) is 3.51. The third kappa shape index (κ3) is 1.75. The molecule has 98 valence electrons. The number of oxime groups is 2. The highest BCUT2D eigenvalue weighted by Crippen LogP contribution is 2.32. The average molecular weight is 256 g/mol. The van der Waals surface area contributed by atoms with E-state index in [1.165, 1.54) is 16.7 Å². The molecular weight excluding hydrogens is 240 g/mol. The maximum absolute atomic E-state index is 8.92. The Bertz CT molecular complexity index is 606. The van der Waals surface area contributed by atoms with Crippen LogP contribution in [0.15, 0.2) is 34.6 Å². The molecule has 0 spiro atoms. The van der Waals surface area contributed by atoms with Crippen LogP contribution in [0, 0.1) is 26.7 Å². The first kappa shape index (κ1) is 12.0. The molecule has 1 aromatic carbocycles. The highest BCUT2D eigenvalue weighted by molar-refractivity contribution is 6.14. The first-order valence-corrected chi connectivity index (χ1v) is 6.34. The molecular formula is C15H16N2O2. The summed E-state index contributed by atoms with van der Waals surface area (Å²) in [5.41, 5.74) is 6.24. The van der Waals surface area contributed by atoms with Crippen molar-refractivity contribution in [1.82, 2.24) is 0 Å². The minimum atomic E-state index is -0.278. The fourth-order valence-electron chi connectivity index (χ4n) is 3.00. The Hall–Kier alpha value is -2.10. The number of fused-ring (bicyclic) bond motifs is 1. The van der Waals surface area contributed by atoms with Gasteiger partial charge in [0.25, 0.3) is 0 Å². The van der Waals surface area contributed by atoms with Crippen molar-refractivity contribution in [2.45, 2.75) is 26.9 Å². The summed E-state index contributed by atoms with van der Waals surface area (Å²) >= 11 is 0. The van der Waals surface area contributed by atoms with E-state index in [4.69, 9.17) is 10.0 Å². The van der Waals surface area contributed by atoms with Gasteiger partial charge in [-0.05, 0) is 38.0 Å². The van der Waals surface area contributed by atoms with E-state index in [2.05, 4.69) is 43.2 Å². The molecule has 0 unspecified atom stereocenters. The highest BCUT2D eigenvalue weighted by atomic mass is 16.6. The number of benzene rings is 1. The Morgan fingerprint density at radius 2 is 1.89 bits per heavy atom. The molecule has 1 aliphatic heterocycles. The topological polar surface area (TPSA) is 54.2 Å². The Morgan fingerprint density at radius 1 is 1.21 bits per heavy atom. The number of aryl methyl sites for hydroxylation is 3. The lowest BCUT2D eigenvalue weighted by molar-refractivity contribution is 0.120. The molecule has 1 heterocycles. The zero-order chi connectivity index (χ0) is 13.6. The zero-order valence-electron chi connectivity index (χ0n) is 11.2. The van der Waals surface area contributed by atoms with Crippen LogP contribution in [0.25, 0.3) is 0 Å². The van der Waals surface area contributed by atoms with Crippen molar-refractivity contribution in [2.75, 3.05) is 0 Å². The zero-order valence-corrected chi connectivity index (χ0v) is 11.2. The molecule has 0 fully saturated rings. The van der Waals surface area contributed by atoms with Gasteiger partial charge in [0.2, 0.25) is 0 Å². The van der Waals surface area contributed by atoms with E-state index in [-0.39, 0.29) is 12.0 Å². The molecule has 0 saturated carbocycles. The molecule has 0 saturated heterocycles. The smallest absolute Gasteiger partial charge is 0.184 e. The summed E-state index contributed by atoms with van der Waals surface area (Å²) in [6.45, 7) is 6.27. The van der Waals surface area contributed by atoms with Crippen LogP contribution in [0.2, 0.25) is 0 Å². The maximum atomic E-state index is 8.92. The van der Waals surface area contributed by atoms with Gasteiger partial charge in [0, 0.05) is 5.56 Å². The highest BCUT2D eigenvalue weighted by Gasteiger charge is 2.40. The molecule has 0 radical (unpaired) electrons. The van der Waals surface area contributed by atoms with Gasteiger partial charge < -0.3 is 10.0 Å². The molecule has 2 aliphatic rings. The van der Waals surface area contributed by atoms with Gasteiger partial charge in [-0.15, -0.1) is 0 Å². The van der Waals surface area contributed by atoms with E-state index in [9.17, 15) is 0 Å². The van der Waals surface area contributed by atoms with Crippen molar-refractivity contribution >= 4 is 11.4 Å². The summed E-state index contributed by atoms with van der Waals surface area (Å²) in [4.78, 5) is 5.42. The number of rotatable bonds is 1. The van der Waals surface area contributed by atoms with Gasteiger partial charge >= 0.3 is 0 Å². The number of nitrogens with zero attached hydrogens (tertiary/aromatic N) is 2.